The number of allylic oxidation sites excluding steroid dienone is 4. The lowest BCUT2D eigenvalue weighted by Crippen LogP contribution is -1.92. The predicted octanol–water partition coefficient (Wildman–Crippen LogP) is 7.91. The highest BCUT2D eigenvalue weighted by atomic mass is 16.3. The van der Waals surface area contributed by atoms with Crippen molar-refractivity contribution in [2.45, 2.75) is 40.5 Å². The van der Waals surface area contributed by atoms with Crippen molar-refractivity contribution >= 4 is 39.4 Å². The molecule has 0 bridgehead atoms. The lowest BCUT2D eigenvalue weighted by atomic mass is 9.91. The lowest BCUT2D eigenvalue weighted by molar-refractivity contribution is 0.646. The minimum Gasteiger partial charge on any atom is -0.437 e. The van der Waals surface area contributed by atoms with Gasteiger partial charge in [-0.3, -0.25) is 4.99 Å². The molecule has 4 aromatic rings. The number of aliphatic imine (C=N–C) groups is 1. The van der Waals surface area contributed by atoms with Gasteiger partial charge in [-0.25, -0.2) is 4.98 Å². The predicted molar refractivity (Wildman–Crippen MR) is 138 cm³/mol. The number of fused-ring (bicyclic) bond motifs is 3. The van der Waals surface area contributed by atoms with Crippen molar-refractivity contribution < 1.29 is 4.42 Å². The van der Waals surface area contributed by atoms with E-state index in [-0.39, 0.29) is 0 Å². The van der Waals surface area contributed by atoms with Crippen LogP contribution in [0.25, 0.3) is 33.2 Å². The van der Waals surface area contributed by atoms with E-state index < -0.39 is 0 Å². The zero-order valence-corrected chi connectivity index (χ0v) is 19.7. The van der Waals surface area contributed by atoms with Gasteiger partial charge >= 0.3 is 0 Å². The van der Waals surface area contributed by atoms with Gasteiger partial charge in [0.2, 0.25) is 5.71 Å². The number of furan rings is 1. The number of hydrogen-bond acceptors (Lipinski definition) is 3. The molecule has 0 aliphatic heterocycles. The summed E-state index contributed by atoms with van der Waals surface area (Å²) in [6.07, 6.45) is 5.94. The summed E-state index contributed by atoms with van der Waals surface area (Å²) in [5.74, 6) is 0.355. The van der Waals surface area contributed by atoms with Crippen molar-refractivity contribution in [2.75, 3.05) is 7.05 Å². The molecule has 0 atom stereocenters. The molecular formula is C29H30N2O. The minimum absolute atomic E-state index is 0.355. The Morgan fingerprint density at radius 1 is 1.03 bits per heavy atom. The summed E-state index contributed by atoms with van der Waals surface area (Å²) in [4.78, 5) is 8.91. The fourth-order valence-electron chi connectivity index (χ4n) is 4.23. The standard InChI is InChI=1S/C29H30N2O/c1-18(2)26-15-14-25-24-13-12-20(4)27(28(24)32-29(25)31-26)21(5)23(11-8-16-30-6)22-10-7-9-19(3)17-22/h7-18H,1-6H3/b11-8-,23-21-,30-16+. The highest BCUT2D eigenvalue weighted by molar-refractivity contribution is 6.10. The molecule has 0 amide bonds. The van der Waals surface area contributed by atoms with Gasteiger partial charge in [-0.2, -0.15) is 0 Å². The first-order chi connectivity index (χ1) is 15.4. The SMILES string of the molecule is C/N=C/C=C\C(=C(/C)c1c(C)ccc2c1oc1nc(C(C)C)ccc12)c1cccc(C)c1. The van der Waals surface area contributed by atoms with Gasteiger partial charge in [0.25, 0.3) is 0 Å². The molecule has 32 heavy (non-hydrogen) atoms. The Morgan fingerprint density at radius 2 is 1.81 bits per heavy atom. The van der Waals surface area contributed by atoms with Crippen molar-refractivity contribution in [3.63, 3.8) is 0 Å². The summed E-state index contributed by atoms with van der Waals surface area (Å²) in [5.41, 5.74) is 9.69. The largest absolute Gasteiger partial charge is 0.437 e. The zero-order valence-electron chi connectivity index (χ0n) is 19.7. The van der Waals surface area contributed by atoms with Crippen LogP contribution in [-0.4, -0.2) is 18.2 Å². The molecule has 2 aromatic carbocycles. The molecule has 0 fully saturated rings. The third kappa shape index (κ3) is 4.03. The topological polar surface area (TPSA) is 38.4 Å². The van der Waals surface area contributed by atoms with Crippen LogP contribution in [0, 0.1) is 13.8 Å². The molecule has 3 heteroatoms. The molecule has 0 saturated heterocycles. The van der Waals surface area contributed by atoms with Gasteiger partial charge in [-0.1, -0.05) is 61.9 Å². The summed E-state index contributed by atoms with van der Waals surface area (Å²) in [6, 6.07) is 17.2. The van der Waals surface area contributed by atoms with Crippen LogP contribution in [0.3, 0.4) is 0 Å². The van der Waals surface area contributed by atoms with E-state index in [0.717, 1.165) is 33.2 Å². The van der Waals surface area contributed by atoms with Gasteiger partial charge in [0.05, 0.1) is 0 Å². The van der Waals surface area contributed by atoms with Crippen molar-refractivity contribution in [2.24, 2.45) is 4.99 Å². The lowest BCUT2D eigenvalue weighted by Gasteiger charge is -2.13. The molecule has 0 aliphatic rings. The van der Waals surface area contributed by atoms with Crippen LogP contribution in [0.4, 0.5) is 0 Å². The van der Waals surface area contributed by atoms with E-state index in [0.29, 0.717) is 11.6 Å². The maximum atomic E-state index is 6.42. The number of rotatable bonds is 5. The Balaban J connectivity index is 2.02. The van der Waals surface area contributed by atoms with E-state index >= 15 is 0 Å². The van der Waals surface area contributed by atoms with Crippen LogP contribution in [0.2, 0.25) is 0 Å². The van der Waals surface area contributed by atoms with Crippen molar-refractivity contribution in [3.05, 3.63) is 88.6 Å². The maximum absolute atomic E-state index is 6.42. The number of pyridine rings is 1. The Morgan fingerprint density at radius 3 is 2.53 bits per heavy atom. The molecule has 0 N–H and O–H groups in total. The van der Waals surface area contributed by atoms with E-state index in [1.165, 1.54) is 22.3 Å². The minimum atomic E-state index is 0.355. The summed E-state index contributed by atoms with van der Waals surface area (Å²) in [7, 11) is 1.78. The van der Waals surface area contributed by atoms with Crippen LogP contribution in [0.1, 0.15) is 54.6 Å². The molecule has 0 radical (unpaired) electrons. The summed E-state index contributed by atoms with van der Waals surface area (Å²) >= 11 is 0. The first kappa shape index (κ1) is 21.8. The van der Waals surface area contributed by atoms with E-state index in [9.17, 15) is 0 Å². The fourth-order valence-corrected chi connectivity index (χ4v) is 4.23. The highest BCUT2D eigenvalue weighted by Crippen LogP contribution is 2.38. The third-order valence-corrected chi connectivity index (χ3v) is 5.93. The number of nitrogens with zero attached hydrogens (tertiary/aromatic N) is 2. The average Bonchev–Trinajstić information content (AvgIpc) is 3.13. The molecule has 0 spiro atoms. The van der Waals surface area contributed by atoms with Gasteiger partial charge in [0.1, 0.15) is 5.58 Å². The molecule has 3 nitrogen and oxygen atoms in total. The second kappa shape index (κ2) is 8.96. The molecule has 4 rings (SSSR count). The maximum Gasteiger partial charge on any atom is 0.227 e. The quantitative estimate of drug-likeness (QED) is 0.186. The van der Waals surface area contributed by atoms with E-state index in [1.807, 2.05) is 12.3 Å². The molecule has 0 unspecified atom stereocenters. The van der Waals surface area contributed by atoms with Gasteiger partial charge in [0, 0.05) is 35.3 Å². The Kier molecular flexibility index (Phi) is 6.09. The summed E-state index contributed by atoms with van der Waals surface area (Å²) < 4.78 is 6.42. The Bertz CT molecular complexity index is 1380. The summed E-state index contributed by atoms with van der Waals surface area (Å²) in [5, 5.41) is 2.16. The van der Waals surface area contributed by atoms with Gasteiger partial charge in [0.15, 0.2) is 0 Å². The molecule has 2 heterocycles. The van der Waals surface area contributed by atoms with Crippen LogP contribution in [0.5, 0.6) is 0 Å². The molecule has 0 saturated carbocycles. The molecule has 162 valence electrons. The smallest absolute Gasteiger partial charge is 0.227 e. The summed E-state index contributed by atoms with van der Waals surface area (Å²) in [6.45, 7) is 10.7. The fraction of sp³-hybridized carbons (Fsp3) is 0.241. The van der Waals surface area contributed by atoms with Crippen molar-refractivity contribution in [1.29, 1.82) is 0 Å². The van der Waals surface area contributed by atoms with Gasteiger partial charge in [-0.05, 0) is 67.2 Å². The number of aromatic nitrogens is 1. The first-order valence-electron chi connectivity index (χ1n) is 11.1. The second-order valence-corrected chi connectivity index (χ2v) is 8.65. The number of benzene rings is 2. The van der Waals surface area contributed by atoms with E-state index in [4.69, 9.17) is 9.40 Å². The Labute approximate surface area is 190 Å². The van der Waals surface area contributed by atoms with Crippen molar-refractivity contribution in [3.8, 4) is 0 Å². The Hall–Kier alpha value is -3.46. The monoisotopic (exact) mass is 422 g/mol. The normalized spacial score (nSPS) is 13.2. The number of hydrogen-bond donors (Lipinski definition) is 0. The zero-order chi connectivity index (χ0) is 22.8. The van der Waals surface area contributed by atoms with Crippen LogP contribution >= 0.6 is 0 Å². The average molecular weight is 423 g/mol. The van der Waals surface area contributed by atoms with Crippen LogP contribution < -0.4 is 0 Å². The molecule has 0 aliphatic carbocycles. The first-order valence-corrected chi connectivity index (χ1v) is 11.1. The molecular weight excluding hydrogens is 392 g/mol. The van der Waals surface area contributed by atoms with Crippen LogP contribution in [-0.2, 0) is 0 Å². The second-order valence-electron chi connectivity index (χ2n) is 8.65. The van der Waals surface area contributed by atoms with E-state index in [2.05, 4.69) is 94.2 Å². The van der Waals surface area contributed by atoms with Crippen LogP contribution in [0.15, 0.2) is 70.1 Å². The highest BCUT2D eigenvalue weighted by Gasteiger charge is 2.18. The molecule has 2 aromatic heterocycles. The van der Waals surface area contributed by atoms with Gasteiger partial charge in [-0.15, -0.1) is 0 Å². The third-order valence-electron chi connectivity index (χ3n) is 5.93. The number of aryl methyl sites for hydroxylation is 2. The van der Waals surface area contributed by atoms with Gasteiger partial charge < -0.3 is 4.42 Å². The van der Waals surface area contributed by atoms with E-state index in [1.54, 1.807) is 7.05 Å². The van der Waals surface area contributed by atoms with Crippen molar-refractivity contribution in [1.82, 2.24) is 4.98 Å².